The highest BCUT2D eigenvalue weighted by atomic mass is 79.9. The van der Waals surface area contributed by atoms with Crippen LogP contribution in [0.15, 0.2) is 16.6 Å². The second-order valence-corrected chi connectivity index (χ2v) is 6.50. The Labute approximate surface area is 135 Å². The molecule has 1 unspecified atom stereocenters. The molecule has 5 heteroatoms. The lowest BCUT2D eigenvalue weighted by Gasteiger charge is -2.29. The molecular weight excluding hydrogens is 330 g/mol. The summed E-state index contributed by atoms with van der Waals surface area (Å²) in [6.45, 7) is 10.4. The lowest BCUT2D eigenvalue weighted by molar-refractivity contribution is -0.117. The molecule has 4 nitrogen and oxygen atoms in total. The topological polar surface area (TPSA) is 44.4 Å². The first-order valence-electron chi connectivity index (χ1n) is 7.63. The summed E-state index contributed by atoms with van der Waals surface area (Å²) < 4.78 is 1.04. The van der Waals surface area contributed by atoms with Crippen LogP contribution in [0.25, 0.3) is 0 Å². The summed E-state index contributed by atoms with van der Waals surface area (Å²) in [5, 5.41) is 6.30. The summed E-state index contributed by atoms with van der Waals surface area (Å²) in [6.07, 6.45) is 1.01. The van der Waals surface area contributed by atoms with E-state index in [4.69, 9.17) is 0 Å². The van der Waals surface area contributed by atoms with Crippen molar-refractivity contribution in [1.82, 2.24) is 5.32 Å². The van der Waals surface area contributed by atoms with E-state index < -0.39 is 0 Å². The number of hydrogen-bond acceptors (Lipinski definition) is 3. The minimum absolute atomic E-state index is 0.0371. The van der Waals surface area contributed by atoms with E-state index in [0.717, 1.165) is 40.9 Å². The van der Waals surface area contributed by atoms with Crippen molar-refractivity contribution < 1.29 is 4.79 Å². The predicted octanol–water partition coefficient (Wildman–Crippen LogP) is 3.68. The van der Waals surface area contributed by atoms with Crippen molar-refractivity contribution in [2.75, 3.05) is 23.3 Å². The van der Waals surface area contributed by atoms with E-state index in [2.05, 4.69) is 71.3 Å². The van der Waals surface area contributed by atoms with Crippen LogP contribution in [0.2, 0.25) is 0 Å². The van der Waals surface area contributed by atoms with Crippen LogP contribution < -0.4 is 15.5 Å². The van der Waals surface area contributed by atoms with Gasteiger partial charge in [0, 0.05) is 28.3 Å². The molecule has 2 N–H and O–H groups in total. The molecule has 0 saturated carbocycles. The monoisotopic (exact) mass is 353 g/mol. The van der Waals surface area contributed by atoms with Crippen LogP contribution in [0.3, 0.4) is 0 Å². The van der Waals surface area contributed by atoms with Gasteiger partial charge in [-0.1, -0.05) is 6.92 Å². The molecule has 1 heterocycles. The smallest absolute Gasteiger partial charge is 0.246 e. The van der Waals surface area contributed by atoms with E-state index in [0.29, 0.717) is 6.04 Å². The van der Waals surface area contributed by atoms with Gasteiger partial charge in [-0.3, -0.25) is 4.79 Å². The van der Waals surface area contributed by atoms with Crippen LogP contribution in [-0.2, 0) is 4.79 Å². The number of anilines is 2. The molecule has 1 aromatic carbocycles. The number of fused-ring (bicyclic) bond motifs is 1. The number of halogens is 1. The summed E-state index contributed by atoms with van der Waals surface area (Å²) in [4.78, 5) is 14.4. The van der Waals surface area contributed by atoms with E-state index in [1.165, 1.54) is 0 Å². The third-order valence-corrected chi connectivity index (χ3v) is 4.46. The van der Waals surface area contributed by atoms with Crippen LogP contribution >= 0.6 is 15.9 Å². The van der Waals surface area contributed by atoms with Gasteiger partial charge in [-0.15, -0.1) is 0 Å². The molecule has 0 saturated heterocycles. The Bertz CT molecular complexity index is 530. The van der Waals surface area contributed by atoms with Crippen molar-refractivity contribution in [1.29, 1.82) is 0 Å². The Morgan fingerprint density at radius 3 is 2.67 bits per heavy atom. The van der Waals surface area contributed by atoms with Crippen molar-refractivity contribution >= 4 is 33.2 Å². The average molecular weight is 354 g/mol. The molecule has 1 aromatic rings. The standard InChI is InChI=1S/C16H24BrN3O/c1-5-7-18-15-11-8-12(17)14(20(6-2)10(3)4)9-13(11)19-16(15)21/h8-10,15,18H,5-7H2,1-4H3,(H,19,21). The summed E-state index contributed by atoms with van der Waals surface area (Å²) in [5.41, 5.74) is 3.08. The van der Waals surface area contributed by atoms with Gasteiger partial charge in [0.2, 0.25) is 5.91 Å². The van der Waals surface area contributed by atoms with Crippen LogP contribution in [0.4, 0.5) is 11.4 Å². The number of benzene rings is 1. The second-order valence-electron chi connectivity index (χ2n) is 5.65. The number of carbonyl (C=O) groups excluding carboxylic acids is 1. The largest absolute Gasteiger partial charge is 0.368 e. The van der Waals surface area contributed by atoms with Gasteiger partial charge in [0.25, 0.3) is 0 Å². The zero-order chi connectivity index (χ0) is 15.6. The quantitative estimate of drug-likeness (QED) is 0.819. The first-order valence-corrected chi connectivity index (χ1v) is 8.43. The van der Waals surface area contributed by atoms with Crippen LogP contribution in [0.5, 0.6) is 0 Å². The molecule has 21 heavy (non-hydrogen) atoms. The lowest BCUT2D eigenvalue weighted by atomic mass is 10.1. The lowest BCUT2D eigenvalue weighted by Crippen LogP contribution is -2.30. The molecule has 0 aliphatic carbocycles. The van der Waals surface area contributed by atoms with Gasteiger partial charge < -0.3 is 15.5 Å². The molecular formula is C16H24BrN3O. The van der Waals surface area contributed by atoms with E-state index in [-0.39, 0.29) is 11.9 Å². The SMILES string of the molecule is CCCNC1C(=O)Nc2cc(N(CC)C(C)C)c(Br)cc21. The van der Waals surface area contributed by atoms with E-state index in [1.54, 1.807) is 0 Å². The third-order valence-electron chi connectivity index (χ3n) is 3.82. The second kappa shape index (κ2) is 6.79. The zero-order valence-electron chi connectivity index (χ0n) is 13.2. The maximum atomic E-state index is 12.1. The van der Waals surface area contributed by atoms with Gasteiger partial charge >= 0.3 is 0 Å². The minimum Gasteiger partial charge on any atom is -0.368 e. The van der Waals surface area contributed by atoms with Gasteiger partial charge in [0.05, 0.1) is 5.69 Å². The molecule has 1 amide bonds. The molecule has 1 aliphatic heterocycles. The highest BCUT2D eigenvalue weighted by Crippen LogP contribution is 2.39. The van der Waals surface area contributed by atoms with Gasteiger partial charge in [-0.2, -0.15) is 0 Å². The van der Waals surface area contributed by atoms with Crippen LogP contribution in [-0.4, -0.2) is 25.0 Å². The molecule has 1 atom stereocenters. The molecule has 0 bridgehead atoms. The Kier molecular flexibility index (Phi) is 5.27. The van der Waals surface area contributed by atoms with Crippen molar-refractivity contribution in [3.63, 3.8) is 0 Å². The maximum absolute atomic E-state index is 12.1. The fourth-order valence-corrected chi connectivity index (χ4v) is 3.38. The maximum Gasteiger partial charge on any atom is 0.246 e. The van der Waals surface area contributed by atoms with Crippen molar-refractivity contribution in [3.8, 4) is 0 Å². The normalized spacial score (nSPS) is 17.0. The molecule has 0 spiro atoms. The summed E-state index contributed by atoms with van der Waals surface area (Å²) in [5.74, 6) is 0.0371. The van der Waals surface area contributed by atoms with Crippen molar-refractivity contribution in [2.45, 2.75) is 46.2 Å². The molecule has 0 aromatic heterocycles. The Hall–Kier alpha value is -1.07. The summed E-state index contributed by atoms with van der Waals surface area (Å²) in [6, 6.07) is 4.32. The number of hydrogen-bond donors (Lipinski definition) is 2. The highest BCUT2D eigenvalue weighted by molar-refractivity contribution is 9.10. The third kappa shape index (κ3) is 3.24. The molecule has 1 aliphatic rings. The van der Waals surface area contributed by atoms with Gasteiger partial charge in [0.1, 0.15) is 6.04 Å². The van der Waals surface area contributed by atoms with Gasteiger partial charge in [0.15, 0.2) is 0 Å². The Morgan fingerprint density at radius 1 is 1.38 bits per heavy atom. The Balaban J connectivity index is 2.36. The average Bonchev–Trinajstić information content (AvgIpc) is 2.72. The number of rotatable bonds is 6. The number of nitrogens with zero attached hydrogens (tertiary/aromatic N) is 1. The van der Waals surface area contributed by atoms with Crippen molar-refractivity contribution in [3.05, 3.63) is 22.2 Å². The van der Waals surface area contributed by atoms with Crippen LogP contribution in [0, 0.1) is 0 Å². The number of nitrogens with one attached hydrogen (secondary N) is 2. The zero-order valence-corrected chi connectivity index (χ0v) is 14.8. The molecule has 2 rings (SSSR count). The van der Waals surface area contributed by atoms with Crippen LogP contribution in [0.1, 0.15) is 45.7 Å². The van der Waals surface area contributed by atoms with Gasteiger partial charge in [-0.25, -0.2) is 0 Å². The van der Waals surface area contributed by atoms with Gasteiger partial charge in [-0.05, 0) is 61.8 Å². The fourth-order valence-electron chi connectivity index (χ4n) is 2.80. The Morgan fingerprint density at radius 2 is 2.10 bits per heavy atom. The molecule has 116 valence electrons. The summed E-state index contributed by atoms with van der Waals surface area (Å²) >= 11 is 3.67. The van der Waals surface area contributed by atoms with E-state index >= 15 is 0 Å². The molecule has 0 fully saturated rings. The first kappa shape index (κ1) is 16.3. The first-order chi connectivity index (χ1) is 9.99. The number of amides is 1. The van der Waals surface area contributed by atoms with E-state index in [9.17, 15) is 4.79 Å². The van der Waals surface area contributed by atoms with Crippen molar-refractivity contribution in [2.24, 2.45) is 0 Å². The fraction of sp³-hybridized carbons (Fsp3) is 0.562. The highest BCUT2D eigenvalue weighted by Gasteiger charge is 2.31. The predicted molar refractivity (Wildman–Crippen MR) is 92.0 cm³/mol. The minimum atomic E-state index is -0.237. The number of carbonyl (C=O) groups is 1. The summed E-state index contributed by atoms with van der Waals surface area (Å²) in [7, 11) is 0. The molecule has 0 radical (unpaired) electrons. The van der Waals surface area contributed by atoms with E-state index in [1.807, 2.05) is 0 Å².